The van der Waals surface area contributed by atoms with Gasteiger partial charge in [-0.2, -0.15) is 0 Å². The van der Waals surface area contributed by atoms with E-state index in [1.54, 1.807) is 12.1 Å². The molecule has 1 aromatic rings. The van der Waals surface area contributed by atoms with Crippen molar-refractivity contribution in [2.24, 2.45) is 5.73 Å². The Morgan fingerprint density at radius 3 is 2.33 bits per heavy atom. The summed E-state index contributed by atoms with van der Waals surface area (Å²) in [6, 6.07) is 6.14. The molecule has 0 aromatic heterocycles. The van der Waals surface area contributed by atoms with Crippen LogP contribution in [0.5, 0.6) is 5.75 Å². The molecule has 0 aliphatic heterocycles. The molecule has 15 heavy (non-hydrogen) atoms. The Labute approximate surface area is 89.2 Å². The SMILES string of the molecule is NCC1(Oc2ccc(F)cc2)CCCC1. The molecule has 82 valence electrons. The number of benzene rings is 1. The van der Waals surface area contributed by atoms with E-state index in [0.29, 0.717) is 12.3 Å². The predicted octanol–water partition coefficient (Wildman–Crippen LogP) is 2.48. The minimum Gasteiger partial charge on any atom is -0.486 e. The summed E-state index contributed by atoms with van der Waals surface area (Å²) < 4.78 is 18.6. The summed E-state index contributed by atoms with van der Waals surface area (Å²) in [4.78, 5) is 0. The lowest BCUT2D eigenvalue weighted by atomic mass is 10.0. The topological polar surface area (TPSA) is 35.2 Å². The molecule has 0 saturated heterocycles. The molecule has 1 saturated carbocycles. The maximum Gasteiger partial charge on any atom is 0.123 e. The van der Waals surface area contributed by atoms with E-state index < -0.39 is 0 Å². The number of rotatable bonds is 3. The largest absolute Gasteiger partial charge is 0.486 e. The number of halogens is 1. The minimum atomic E-state index is -0.240. The molecule has 0 heterocycles. The van der Waals surface area contributed by atoms with E-state index in [4.69, 9.17) is 10.5 Å². The lowest BCUT2D eigenvalue weighted by molar-refractivity contribution is 0.0852. The highest BCUT2D eigenvalue weighted by atomic mass is 19.1. The molecule has 0 amide bonds. The Bertz CT molecular complexity index is 317. The summed E-state index contributed by atoms with van der Waals surface area (Å²) in [5, 5.41) is 0. The van der Waals surface area contributed by atoms with E-state index in [1.807, 2.05) is 0 Å². The average molecular weight is 209 g/mol. The maximum atomic E-state index is 12.7. The summed E-state index contributed by atoms with van der Waals surface area (Å²) in [6.45, 7) is 0.532. The molecule has 2 nitrogen and oxygen atoms in total. The van der Waals surface area contributed by atoms with Crippen LogP contribution >= 0.6 is 0 Å². The quantitative estimate of drug-likeness (QED) is 0.830. The molecule has 1 fully saturated rings. The molecule has 0 unspecified atom stereocenters. The van der Waals surface area contributed by atoms with E-state index in [9.17, 15) is 4.39 Å². The molecule has 2 N–H and O–H groups in total. The highest BCUT2D eigenvalue weighted by Crippen LogP contribution is 2.33. The van der Waals surface area contributed by atoms with Crippen LogP contribution in [0.3, 0.4) is 0 Å². The molecule has 2 rings (SSSR count). The molecular weight excluding hydrogens is 193 g/mol. The van der Waals surface area contributed by atoms with Crippen LogP contribution in [0.4, 0.5) is 4.39 Å². The van der Waals surface area contributed by atoms with Gasteiger partial charge in [0.05, 0.1) is 0 Å². The van der Waals surface area contributed by atoms with Crippen molar-refractivity contribution in [1.29, 1.82) is 0 Å². The lowest BCUT2D eigenvalue weighted by Crippen LogP contribution is -2.40. The lowest BCUT2D eigenvalue weighted by Gasteiger charge is -2.28. The highest BCUT2D eigenvalue weighted by molar-refractivity contribution is 5.23. The van der Waals surface area contributed by atoms with Gasteiger partial charge in [0.15, 0.2) is 0 Å². The highest BCUT2D eigenvalue weighted by Gasteiger charge is 2.34. The van der Waals surface area contributed by atoms with Crippen LogP contribution in [0.2, 0.25) is 0 Å². The standard InChI is InChI=1S/C12H16FNO/c13-10-3-5-11(6-4-10)15-12(9-14)7-1-2-8-12/h3-6H,1-2,7-9,14H2. The van der Waals surface area contributed by atoms with Gasteiger partial charge in [0.1, 0.15) is 17.2 Å². The van der Waals surface area contributed by atoms with E-state index in [1.165, 1.54) is 25.0 Å². The molecule has 0 bridgehead atoms. The Hall–Kier alpha value is -1.09. The van der Waals surface area contributed by atoms with E-state index in [-0.39, 0.29) is 11.4 Å². The smallest absolute Gasteiger partial charge is 0.123 e. The van der Waals surface area contributed by atoms with Crippen LogP contribution in [0, 0.1) is 5.82 Å². The first kappa shape index (κ1) is 10.4. The van der Waals surface area contributed by atoms with Gasteiger partial charge in [-0.15, -0.1) is 0 Å². The first-order valence-corrected chi connectivity index (χ1v) is 5.39. The first-order chi connectivity index (χ1) is 7.24. The Balaban J connectivity index is 2.09. The van der Waals surface area contributed by atoms with Gasteiger partial charge < -0.3 is 10.5 Å². The van der Waals surface area contributed by atoms with Crippen LogP contribution in [-0.4, -0.2) is 12.1 Å². The summed E-state index contributed by atoms with van der Waals surface area (Å²) in [7, 11) is 0. The zero-order valence-electron chi connectivity index (χ0n) is 8.71. The van der Waals surface area contributed by atoms with Crippen LogP contribution in [0.15, 0.2) is 24.3 Å². The van der Waals surface area contributed by atoms with Gasteiger partial charge in [-0.05, 0) is 49.9 Å². The zero-order chi connectivity index (χ0) is 10.7. The van der Waals surface area contributed by atoms with Crippen molar-refractivity contribution in [2.75, 3.05) is 6.54 Å². The third kappa shape index (κ3) is 2.29. The van der Waals surface area contributed by atoms with Gasteiger partial charge in [-0.25, -0.2) is 4.39 Å². The predicted molar refractivity (Wildman–Crippen MR) is 57.3 cm³/mol. The van der Waals surface area contributed by atoms with Gasteiger partial charge >= 0.3 is 0 Å². The fourth-order valence-electron chi connectivity index (χ4n) is 2.12. The van der Waals surface area contributed by atoms with E-state index >= 15 is 0 Å². The molecule has 0 radical (unpaired) electrons. The molecule has 1 aliphatic rings. The summed E-state index contributed by atoms with van der Waals surface area (Å²) >= 11 is 0. The second kappa shape index (κ2) is 4.19. The van der Waals surface area contributed by atoms with Crippen molar-refractivity contribution in [3.63, 3.8) is 0 Å². The van der Waals surface area contributed by atoms with Crippen LogP contribution in [0.25, 0.3) is 0 Å². The van der Waals surface area contributed by atoms with Crippen molar-refractivity contribution in [1.82, 2.24) is 0 Å². The summed E-state index contributed by atoms with van der Waals surface area (Å²) in [5.74, 6) is 0.472. The number of hydrogen-bond acceptors (Lipinski definition) is 2. The summed E-state index contributed by atoms with van der Waals surface area (Å²) in [5.41, 5.74) is 5.54. The zero-order valence-corrected chi connectivity index (χ0v) is 8.71. The minimum absolute atomic E-state index is 0.210. The van der Waals surface area contributed by atoms with Gasteiger partial charge in [0, 0.05) is 6.54 Å². The molecule has 3 heteroatoms. The third-order valence-electron chi connectivity index (χ3n) is 3.03. The van der Waals surface area contributed by atoms with Crippen LogP contribution in [0.1, 0.15) is 25.7 Å². The van der Waals surface area contributed by atoms with Crippen LogP contribution in [-0.2, 0) is 0 Å². The fourth-order valence-corrected chi connectivity index (χ4v) is 2.12. The third-order valence-corrected chi connectivity index (χ3v) is 3.03. The van der Waals surface area contributed by atoms with Crippen molar-refractivity contribution in [2.45, 2.75) is 31.3 Å². The molecule has 1 aliphatic carbocycles. The Kier molecular flexibility index (Phi) is 2.91. The number of nitrogens with two attached hydrogens (primary N) is 1. The van der Waals surface area contributed by atoms with E-state index in [0.717, 1.165) is 12.8 Å². The monoisotopic (exact) mass is 209 g/mol. The van der Waals surface area contributed by atoms with Crippen molar-refractivity contribution < 1.29 is 9.13 Å². The first-order valence-electron chi connectivity index (χ1n) is 5.39. The maximum absolute atomic E-state index is 12.7. The fraction of sp³-hybridized carbons (Fsp3) is 0.500. The number of hydrogen-bond donors (Lipinski definition) is 1. The van der Waals surface area contributed by atoms with Gasteiger partial charge in [-0.1, -0.05) is 0 Å². The second-order valence-electron chi connectivity index (χ2n) is 4.15. The molecule has 0 atom stereocenters. The van der Waals surface area contributed by atoms with Gasteiger partial charge in [0.25, 0.3) is 0 Å². The number of ether oxygens (including phenoxy) is 1. The van der Waals surface area contributed by atoms with Crippen molar-refractivity contribution >= 4 is 0 Å². The molecule has 0 spiro atoms. The van der Waals surface area contributed by atoms with Crippen LogP contribution < -0.4 is 10.5 Å². The molecular formula is C12H16FNO. The van der Waals surface area contributed by atoms with E-state index in [2.05, 4.69) is 0 Å². The average Bonchev–Trinajstić information content (AvgIpc) is 2.71. The van der Waals surface area contributed by atoms with Gasteiger partial charge in [-0.3, -0.25) is 0 Å². The van der Waals surface area contributed by atoms with Crippen molar-refractivity contribution in [3.8, 4) is 5.75 Å². The molecule has 1 aromatic carbocycles. The normalized spacial score (nSPS) is 19.1. The Morgan fingerprint density at radius 1 is 1.20 bits per heavy atom. The van der Waals surface area contributed by atoms with Crippen molar-refractivity contribution in [3.05, 3.63) is 30.1 Å². The van der Waals surface area contributed by atoms with Gasteiger partial charge in [0.2, 0.25) is 0 Å². The Morgan fingerprint density at radius 2 is 1.80 bits per heavy atom. The second-order valence-corrected chi connectivity index (χ2v) is 4.15. The summed E-state index contributed by atoms with van der Waals surface area (Å²) in [6.07, 6.45) is 4.33.